The molecular formula is C34H38N2O4S. The molecule has 41 heavy (non-hydrogen) atoms. The Morgan fingerprint density at radius 3 is 2.51 bits per heavy atom. The molecule has 0 unspecified atom stereocenters. The molecule has 0 spiro atoms. The summed E-state index contributed by atoms with van der Waals surface area (Å²) in [6, 6.07) is 17.2. The van der Waals surface area contributed by atoms with Crippen molar-refractivity contribution in [3.8, 4) is 17.0 Å². The Morgan fingerprint density at radius 1 is 1.10 bits per heavy atom. The Balaban J connectivity index is 1.52. The minimum atomic E-state index is -0.376. The number of amides is 1. The molecule has 4 aromatic rings. The lowest BCUT2D eigenvalue weighted by Crippen LogP contribution is -2.26. The van der Waals surface area contributed by atoms with E-state index in [4.69, 9.17) is 14.5 Å². The summed E-state index contributed by atoms with van der Waals surface area (Å²) in [6.07, 6.45) is 2.78. The van der Waals surface area contributed by atoms with Gasteiger partial charge in [-0.25, -0.2) is 9.78 Å². The quantitative estimate of drug-likeness (QED) is 0.226. The second kappa shape index (κ2) is 11.6. The summed E-state index contributed by atoms with van der Waals surface area (Å²) in [6.45, 7) is 12.9. The summed E-state index contributed by atoms with van der Waals surface area (Å²) in [7, 11) is 0. The maximum Gasteiger partial charge on any atom is 0.341 e. The van der Waals surface area contributed by atoms with Crippen LogP contribution in [-0.4, -0.2) is 29.6 Å². The number of ether oxygens (including phenoxy) is 2. The molecule has 2 aromatic carbocycles. The molecule has 0 radical (unpaired) electrons. The highest BCUT2D eigenvalue weighted by atomic mass is 32.1. The molecule has 2 aromatic heterocycles. The lowest BCUT2D eigenvalue weighted by atomic mass is 9.72. The van der Waals surface area contributed by atoms with Crippen LogP contribution in [0.3, 0.4) is 0 Å². The van der Waals surface area contributed by atoms with Gasteiger partial charge in [-0.3, -0.25) is 4.79 Å². The number of anilines is 1. The molecule has 1 aliphatic rings. The molecule has 1 aliphatic carbocycles. The van der Waals surface area contributed by atoms with Gasteiger partial charge in [0.25, 0.3) is 5.91 Å². The Kier molecular flexibility index (Phi) is 8.18. The van der Waals surface area contributed by atoms with Crippen LogP contribution in [0.4, 0.5) is 5.00 Å². The molecule has 1 atom stereocenters. The minimum absolute atomic E-state index is 0.0803. The molecule has 0 saturated heterocycles. The Bertz CT molecular complexity index is 1580. The number of hydrogen-bond acceptors (Lipinski definition) is 6. The molecule has 2 heterocycles. The SMILES string of the molecule is CCOC(=O)c1c(NC(=O)c2cc(-c3ccc(OC(C)C)cc3)nc3ccccc23)sc2c1CC[C@@H](C(C)(C)C)C2. The van der Waals surface area contributed by atoms with Crippen LogP contribution in [0, 0.1) is 11.3 Å². The van der Waals surface area contributed by atoms with E-state index in [1.165, 1.54) is 16.2 Å². The first-order valence-corrected chi connectivity index (χ1v) is 15.2. The van der Waals surface area contributed by atoms with Crippen LogP contribution in [-0.2, 0) is 17.6 Å². The number of para-hydroxylation sites is 1. The van der Waals surface area contributed by atoms with E-state index in [2.05, 4.69) is 26.1 Å². The van der Waals surface area contributed by atoms with Gasteiger partial charge in [0.15, 0.2) is 0 Å². The van der Waals surface area contributed by atoms with Gasteiger partial charge in [0.05, 0.1) is 35.0 Å². The number of rotatable bonds is 7. The van der Waals surface area contributed by atoms with Crippen molar-refractivity contribution in [2.24, 2.45) is 11.3 Å². The predicted octanol–water partition coefficient (Wildman–Crippen LogP) is 8.33. The van der Waals surface area contributed by atoms with Crippen molar-refractivity contribution in [2.45, 2.75) is 66.9 Å². The van der Waals surface area contributed by atoms with E-state index in [0.717, 1.165) is 47.0 Å². The third kappa shape index (κ3) is 6.15. The fourth-order valence-corrected chi connectivity index (χ4v) is 6.80. The maximum atomic E-state index is 14.0. The van der Waals surface area contributed by atoms with Crippen molar-refractivity contribution >= 4 is 39.1 Å². The zero-order valence-corrected chi connectivity index (χ0v) is 25.5. The van der Waals surface area contributed by atoms with Crippen molar-refractivity contribution in [1.29, 1.82) is 0 Å². The van der Waals surface area contributed by atoms with Gasteiger partial charge >= 0.3 is 5.97 Å². The number of esters is 1. The Labute approximate surface area is 246 Å². The van der Waals surface area contributed by atoms with Crippen molar-refractivity contribution in [2.75, 3.05) is 11.9 Å². The number of fused-ring (bicyclic) bond motifs is 2. The van der Waals surface area contributed by atoms with Crippen molar-refractivity contribution in [1.82, 2.24) is 4.98 Å². The topological polar surface area (TPSA) is 77.5 Å². The summed E-state index contributed by atoms with van der Waals surface area (Å²) < 4.78 is 11.2. The fraction of sp³-hybridized carbons (Fsp3) is 0.382. The van der Waals surface area contributed by atoms with Crippen molar-refractivity contribution in [3.05, 3.63) is 76.2 Å². The highest BCUT2D eigenvalue weighted by molar-refractivity contribution is 7.17. The third-order valence-electron chi connectivity index (χ3n) is 7.68. The van der Waals surface area contributed by atoms with Crippen LogP contribution in [0.5, 0.6) is 5.75 Å². The van der Waals surface area contributed by atoms with Gasteiger partial charge in [-0.15, -0.1) is 11.3 Å². The van der Waals surface area contributed by atoms with Gasteiger partial charge in [0.1, 0.15) is 10.8 Å². The number of nitrogens with zero attached hydrogens (tertiary/aromatic N) is 1. The van der Waals surface area contributed by atoms with Crippen LogP contribution in [0.15, 0.2) is 54.6 Å². The molecule has 1 N–H and O–H groups in total. The molecule has 1 amide bonds. The molecule has 0 bridgehead atoms. The van der Waals surface area contributed by atoms with E-state index < -0.39 is 0 Å². The first kappa shape index (κ1) is 28.8. The standard InChI is InChI=1S/C34H38N2O4S/c1-7-39-33(38)30-25-17-14-22(34(4,5)6)18-29(25)41-32(30)36-31(37)26-19-28(35-27-11-9-8-10-24(26)27)21-12-15-23(16-13-21)40-20(2)3/h8-13,15-16,19-20,22H,7,14,17-18H2,1-6H3,(H,36,37)/t22-/m1/s1. The maximum absolute atomic E-state index is 14.0. The number of aromatic nitrogens is 1. The van der Waals surface area contributed by atoms with Crippen molar-refractivity contribution in [3.63, 3.8) is 0 Å². The summed E-state index contributed by atoms with van der Waals surface area (Å²) in [4.78, 5) is 33.1. The number of thiophene rings is 1. The van der Waals surface area contributed by atoms with Crippen LogP contribution >= 0.6 is 11.3 Å². The minimum Gasteiger partial charge on any atom is -0.491 e. The van der Waals surface area contributed by atoms with Crippen LogP contribution in [0.2, 0.25) is 0 Å². The molecular weight excluding hydrogens is 532 g/mol. The van der Waals surface area contributed by atoms with E-state index in [1.54, 1.807) is 6.92 Å². The van der Waals surface area contributed by atoms with Gasteiger partial charge in [0.2, 0.25) is 0 Å². The smallest absolute Gasteiger partial charge is 0.341 e. The average molecular weight is 571 g/mol. The largest absolute Gasteiger partial charge is 0.491 e. The molecule has 0 fully saturated rings. The van der Waals surface area contributed by atoms with Crippen LogP contribution in [0.25, 0.3) is 22.2 Å². The second-order valence-corrected chi connectivity index (χ2v) is 13.1. The van der Waals surface area contributed by atoms with E-state index in [0.29, 0.717) is 27.7 Å². The normalized spacial score (nSPS) is 15.0. The van der Waals surface area contributed by atoms with Gasteiger partial charge in [0, 0.05) is 15.8 Å². The van der Waals surface area contributed by atoms with E-state index >= 15 is 0 Å². The first-order chi connectivity index (χ1) is 19.5. The molecule has 6 nitrogen and oxygen atoms in total. The summed E-state index contributed by atoms with van der Waals surface area (Å²) in [5, 5.41) is 4.42. The highest BCUT2D eigenvalue weighted by Gasteiger charge is 2.34. The Hall–Kier alpha value is -3.71. The van der Waals surface area contributed by atoms with Crippen molar-refractivity contribution < 1.29 is 19.1 Å². The lowest BCUT2D eigenvalue weighted by Gasteiger charge is -2.33. The fourth-order valence-electron chi connectivity index (χ4n) is 5.49. The second-order valence-electron chi connectivity index (χ2n) is 12.0. The summed E-state index contributed by atoms with van der Waals surface area (Å²) in [5.41, 5.74) is 4.49. The summed E-state index contributed by atoms with van der Waals surface area (Å²) in [5.74, 6) is 0.639. The average Bonchev–Trinajstić information content (AvgIpc) is 3.29. The molecule has 0 aliphatic heterocycles. The van der Waals surface area contributed by atoms with E-state index in [-0.39, 0.29) is 30.0 Å². The van der Waals surface area contributed by atoms with Gasteiger partial charge in [-0.1, -0.05) is 39.0 Å². The molecule has 5 rings (SSSR count). The number of benzene rings is 2. The number of nitrogens with one attached hydrogen (secondary N) is 1. The Morgan fingerprint density at radius 2 is 1.83 bits per heavy atom. The zero-order chi connectivity index (χ0) is 29.3. The number of carbonyl (C=O) groups is 2. The monoisotopic (exact) mass is 570 g/mol. The zero-order valence-electron chi connectivity index (χ0n) is 24.7. The third-order valence-corrected chi connectivity index (χ3v) is 8.85. The number of hydrogen-bond donors (Lipinski definition) is 1. The predicted molar refractivity (Wildman–Crippen MR) is 166 cm³/mol. The van der Waals surface area contributed by atoms with E-state index in [9.17, 15) is 9.59 Å². The summed E-state index contributed by atoms with van der Waals surface area (Å²) >= 11 is 1.51. The van der Waals surface area contributed by atoms with Gasteiger partial charge < -0.3 is 14.8 Å². The molecule has 7 heteroatoms. The highest BCUT2D eigenvalue weighted by Crippen LogP contribution is 2.44. The van der Waals surface area contributed by atoms with E-state index in [1.807, 2.05) is 68.4 Å². The van der Waals surface area contributed by atoms with Crippen LogP contribution in [0.1, 0.15) is 79.1 Å². The van der Waals surface area contributed by atoms with Crippen LogP contribution < -0.4 is 10.1 Å². The lowest BCUT2D eigenvalue weighted by molar-refractivity contribution is 0.0526. The number of carbonyl (C=O) groups excluding carboxylic acids is 2. The number of pyridine rings is 1. The molecule has 214 valence electrons. The first-order valence-electron chi connectivity index (χ1n) is 14.3. The van der Waals surface area contributed by atoms with Gasteiger partial charge in [-0.05, 0) is 93.3 Å². The van der Waals surface area contributed by atoms with Gasteiger partial charge in [-0.2, -0.15) is 0 Å². The molecule has 0 saturated carbocycles.